The fourth-order valence-electron chi connectivity index (χ4n) is 3.54. The number of nitrogens with zero attached hydrogens (tertiary/aromatic N) is 4. The number of nitrogens with one attached hydrogen (secondary N) is 3. The van der Waals surface area contributed by atoms with Gasteiger partial charge in [-0.25, -0.2) is 0 Å². The molecule has 0 spiro atoms. The van der Waals surface area contributed by atoms with Crippen LogP contribution in [0.4, 0.5) is 0 Å². The van der Waals surface area contributed by atoms with Gasteiger partial charge in [0.05, 0.1) is 11.4 Å². The number of hydrogen-bond donors (Lipinski definition) is 3. The molecule has 168 valence electrons. The van der Waals surface area contributed by atoms with Crippen molar-refractivity contribution >= 4 is 6.21 Å². The second-order valence-electron chi connectivity index (χ2n) is 8.10. The molecule has 0 aliphatic carbocycles. The van der Waals surface area contributed by atoms with Gasteiger partial charge >= 0.3 is 0 Å². The van der Waals surface area contributed by atoms with Crippen LogP contribution in [-0.4, -0.2) is 66.9 Å². The van der Waals surface area contributed by atoms with Crippen molar-refractivity contribution in [2.45, 2.75) is 39.4 Å². The van der Waals surface area contributed by atoms with Crippen LogP contribution >= 0.6 is 0 Å². The Morgan fingerprint density at radius 1 is 0.903 bits per heavy atom. The summed E-state index contributed by atoms with van der Waals surface area (Å²) in [6, 6.07) is 8.96. The molecule has 0 saturated heterocycles. The topological polar surface area (TPSA) is 77.5 Å². The van der Waals surface area contributed by atoms with E-state index < -0.39 is 0 Å². The first-order valence-electron chi connectivity index (χ1n) is 11.5. The van der Waals surface area contributed by atoms with E-state index in [4.69, 9.17) is 0 Å². The van der Waals surface area contributed by atoms with E-state index in [0.717, 1.165) is 89.7 Å². The Morgan fingerprint density at radius 2 is 1.74 bits per heavy atom. The lowest BCUT2D eigenvalue weighted by atomic mass is 10.1. The molecule has 3 rings (SSSR count). The van der Waals surface area contributed by atoms with Gasteiger partial charge in [0.15, 0.2) is 0 Å². The quantitative estimate of drug-likeness (QED) is 0.659. The number of benzene rings is 1. The van der Waals surface area contributed by atoms with Crippen LogP contribution in [0.1, 0.15) is 35.4 Å². The van der Waals surface area contributed by atoms with Crippen molar-refractivity contribution in [1.29, 1.82) is 0 Å². The Kier molecular flexibility index (Phi) is 10.6. The first-order valence-corrected chi connectivity index (χ1v) is 11.5. The van der Waals surface area contributed by atoms with Crippen LogP contribution in [0.25, 0.3) is 0 Å². The molecule has 0 unspecified atom stereocenters. The normalized spacial score (nSPS) is 17.3. The van der Waals surface area contributed by atoms with Gasteiger partial charge < -0.3 is 16.0 Å². The van der Waals surface area contributed by atoms with Crippen molar-refractivity contribution in [1.82, 2.24) is 30.8 Å². The van der Waals surface area contributed by atoms with Crippen LogP contribution in [0.3, 0.4) is 0 Å². The van der Waals surface area contributed by atoms with E-state index in [1.165, 1.54) is 11.1 Å². The zero-order valence-corrected chi connectivity index (χ0v) is 18.8. The monoisotopic (exact) mass is 423 g/mol. The molecule has 0 saturated carbocycles. The van der Waals surface area contributed by atoms with Crippen LogP contribution < -0.4 is 16.0 Å². The molecule has 0 atom stereocenters. The van der Waals surface area contributed by atoms with Gasteiger partial charge in [-0.1, -0.05) is 24.3 Å². The fraction of sp³-hybridized carbons (Fsp3) is 0.542. The molecule has 1 aliphatic heterocycles. The van der Waals surface area contributed by atoms with Gasteiger partial charge in [-0.15, -0.1) is 0 Å². The minimum Gasteiger partial charge on any atom is -0.315 e. The maximum atomic E-state index is 4.52. The smallest absolute Gasteiger partial charge is 0.0724 e. The molecule has 0 amide bonds. The minimum absolute atomic E-state index is 0.731. The lowest BCUT2D eigenvalue weighted by molar-refractivity contribution is 0.263. The van der Waals surface area contributed by atoms with Crippen molar-refractivity contribution in [3.05, 3.63) is 59.2 Å². The average molecular weight is 424 g/mol. The number of aryl methyl sites for hydroxylation is 1. The fourth-order valence-corrected chi connectivity index (χ4v) is 3.54. The number of hydrogen-bond acceptors (Lipinski definition) is 7. The van der Waals surface area contributed by atoms with E-state index in [9.17, 15) is 0 Å². The summed E-state index contributed by atoms with van der Waals surface area (Å²) >= 11 is 0. The largest absolute Gasteiger partial charge is 0.315 e. The third-order valence-electron chi connectivity index (χ3n) is 5.34. The molecular weight excluding hydrogens is 386 g/mol. The van der Waals surface area contributed by atoms with Gasteiger partial charge in [0.2, 0.25) is 0 Å². The first kappa shape index (κ1) is 23.5. The summed E-state index contributed by atoms with van der Waals surface area (Å²) < 4.78 is 0. The maximum absolute atomic E-state index is 4.52. The highest BCUT2D eigenvalue weighted by Crippen LogP contribution is 2.09. The molecule has 0 bridgehead atoms. The zero-order valence-electron chi connectivity index (χ0n) is 18.8. The zero-order chi connectivity index (χ0) is 21.6. The van der Waals surface area contributed by atoms with Crippen LogP contribution in [0.2, 0.25) is 0 Å². The molecule has 1 aliphatic rings. The average Bonchev–Trinajstić information content (AvgIpc) is 2.79. The lowest BCUT2D eigenvalue weighted by Gasteiger charge is -2.23. The third kappa shape index (κ3) is 9.65. The molecule has 2 heterocycles. The van der Waals surface area contributed by atoms with Crippen LogP contribution in [0, 0.1) is 6.92 Å². The van der Waals surface area contributed by atoms with E-state index in [2.05, 4.69) is 60.1 Å². The molecule has 1 aromatic carbocycles. The summed E-state index contributed by atoms with van der Waals surface area (Å²) in [5.41, 5.74) is 4.57. The predicted molar refractivity (Wildman–Crippen MR) is 127 cm³/mol. The second kappa shape index (κ2) is 14.0. The second-order valence-corrected chi connectivity index (χ2v) is 8.10. The van der Waals surface area contributed by atoms with Crippen LogP contribution in [0.15, 0.2) is 41.7 Å². The highest BCUT2D eigenvalue weighted by atomic mass is 15.1. The molecule has 31 heavy (non-hydrogen) atoms. The Bertz CT molecular complexity index is 759. The van der Waals surface area contributed by atoms with E-state index in [1.807, 2.05) is 25.5 Å². The minimum atomic E-state index is 0.731. The van der Waals surface area contributed by atoms with Crippen molar-refractivity contribution in [3.8, 4) is 0 Å². The van der Waals surface area contributed by atoms with Gasteiger partial charge in [-0.3, -0.25) is 19.9 Å². The highest BCUT2D eigenvalue weighted by Gasteiger charge is 2.06. The standard InChI is InChI=1S/C24H37N7/c1-21-16-30-24(19-29-21)18-28-17-22-4-6-23(7-5-22)20-31-14-3-10-26-12-11-25-8-2-9-27-13-15-31/h4-7,12,16,19,25,27-28H,2-3,8-11,13-15,17-18,20H2,1H3. The Labute approximate surface area is 186 Å². The summed E-state index contributed by atoms with van der Waals surface area (Å²) in [6.07, 6.45) is 7.91. The van der Waals surface area contributed by atoms with E-state index in [1.54, 1.807) is 0 Å². The Hall–Kier alpha value is -2.19. The summed E-state index contributed by atoms with van der Waals surface area (Å²) in [6.45, 7) is 11.6. The molecule has 1 aromatic heterocycles. The highest BCUT2D eigenvalue weighted by molar-refractivity contribution is 5.59. The number of aromatic nitrogens is 2. The maximum Gasteiger partial charge on any atom is 0.0724 e. The summed E-state index contributed by atoms with van der Waals surface area (Å²) in [5.74, 6) is 0. The molecule has 0 radical (unpaired) electrons. The summed E-state index contributed by atoms with van der Waals surface area (Å²) in [7, 11) is 0. The SMILES string of the molecule is Cc1cnc(CNCc2ccc(CN3CCCN=CCNCCCNCC3)cc2)cn1. The van der Waals surface area contributed by atoms with Gasteiger partial charge in [0, 0.05) is 71.0 Å². The first-order chi connectivity index (χ1) is 15.3. The van der Waals surface area contributed by atoms with Gasteiger partial charge in [-0.05, 0) is 44.0 Å². The molecule has 3 N–H and O–H groups in total. The van der Waals surface area contributed by atoms with Crippen molar-refractivity contribution < 1.29 is 0 Å². The van der Waals surface area contributed by atoms with E-state index in [-0.39, 0.29) is 0 Å². The molecule has 7 nitrogen and oxygen atoms in total. The van der Waals surface area contributed by atoms with Gasteiger partial charge in [0.25, 0.3) is 0 Å². The van der Waals surface area contributed by atoms with Crippen molar-refractivity contribution in [3.63, 3.8) is 0 Å². The molecule has 7 heteroatoms. The molecule has 2 aromatic rings. The lowest BCUT2D eigenvalue weighted by Crippen LogP contribution is -2.34. The molecular formula is C24H37N7. The Balaban J connectivity index is 1.44. The van der Waals surface area contributed by atoms with Crippen LogP contribution in [0.5, 0.6) is 0 Å². The predicted octanol–water partition coefficient (Wildman–Crippen LogP) is 1.92. The number of rotatable bonds is 6. The van der Waals surface area contributed by atoms with Gasteiger partial charge in [-0.2, -0.15) is 0 Å². The van der Waals surface area contributed by atoms with Crippen molar-refractivity contribution in [2.75, 3.05) is 45.8 Å². The van der Waals surface area contributed by atoms with E-state index in [0.29, 0.717) is 0 Å². The van der Waals surface area contributed by atoms with Crippen molar-refractivity contribution in [2.24, 2.45) is 4.99 Å². The van der Waals surface area contributed by atoms with E-state index >= 15 is 0 Å². The van der Waals surface area contributed by atoms with Crippen LogP contribution in [-0.2, 0) is 19.6 Å². The third-order valence-corrected chi connectivity index (χ3v) is 5.34. The molecule has 0 fully saturated rings. The number of aliphatic imine (C=N–C) groups is 1. The summed E-state index contributed by atoms with van der Waals surface area (Å²) in [4.78, 5) is 15.7. The Morgan fingerprint density at radius 3 is 2.58 bits per heavy atom. The summed E-state index contributed by atoms with van der Waals surface area (Å²) in [5, 5.41) is 10.4. The van der Waals surface area contributed by atoms with Gasteiger partial charge in [0.1, 0.15) is 0 Å².